The molecule has 3 heteroatoms. The van der Waals surface area contributed by atoms with Crippen LogP contribution in [-0.4, -0.2) is 48.3 Å². The first-order chi connectivity index (χ1) is 7.63. The second-order valence-corrected chi connectivity index (χ2v) is 5.30. The average molecular weight is 228 g/mol. The Morgan fingerprint density at radius 1 is 1.31 bits per heavy atom. The number of hydrogen-bond donors (Lipinski definition) is 2. The summed E-state index contributed by atoms with van der Waals surface area (Å²) in [5, 5.41) is 13.2. The molecule has 0 bridgehead atoms. The molecule has 0 aliphatic carbocycles. The lowest BCUT2D eigenvalue weighted by atomic mass is 9.97. The molecular weight excluding hydrogens is 200 g/mol. The Bertz CT molecular complexity index is 179. The minimum atomic E-state index is -0.163. The third-order valence-electron chi connectivity index (χ3n) is 3.60. The molecule has 0 radical (unpaired) electrons. The second-order valence-electron chi connectivity index (χ2n) is 5.30. The van der Waals surface area contributed by atoms with Crippen LogP contribution in [-0.2, 0) is 0 Å². The maximum Gasteiger partial charge on any atom is 0.0664 e. The molecule has 0 aromatic rings. The van der Waals surface area contributed by atoms with Gasteiger partial charge in [0.25, 0.3) is 0 Å². The fourth-order valence-corrected chi connectivity index (χ4v) is 2.29. The summed E-state index contributed by atoms with van der Waals surface area (Å²) in [4.78, 5) is 2.43. The number of aliphatic hydroxyl groups is 1. The topological polar surface area (TPSA) is 35.5 Å². The Morgan fingerprint density at radius 3 is 2.44 bits per heavy atom. The van der Waals surface area contributed by atoms with Crippen LogP contribution in [0, 0.1) is 5.92 Å². The minimum absolute atomic E-state index is 0.163. The SMILES string of the molecule is CCC(O)CN(CC1CCNCC1)C(C)C. The molecule has 2 N–H and O–H groups in total. The highest BCUT2D eigenvalue weighted by Gasteiger charge is 2.20. The van der Waals surface area contributed by atoms with Crippen molar-refractivity contribution in [3.63, 3.8) is 0 Å². The van der Waals surface area contributed by atoms with E-state index in [0.717, 1.165) is 38.5 Å². The van der Waals surface area contributed by atoms with Crippen LogP contribution >= 0.6 is 0 Å². The van der Waals surface area contributed by atoms with Crippen LogP contribution in [0.1, 0.15) is 40.0 Å². The van der Waals surface area contributed by atoms with Gasteiger partial charge in [0.15, 0.2) is 0 Å². The molecule has 0 aromatic heterocycles. The zero-order valence-electron chi connectivity index (χ0n) is 11.1. The Hall–Kier alpha value is -0.120. The highest BCUT2D eigenvalue weighted by Crippen LogP contribution is 2.15. The number of hydrogen-bond acceptors (Lipinski definition) is 3. The Labute approximate surface area is 100 Å². The van der Waals surface area contributed by atoms with Crippen LogP contribution in [0.5, 0.6) is 0 Å². The minimum Gasteiger partial charge on any atom is -0.392 e. The van der Waals surface area contributed by atoms with Gasteiger partial charge in [-0.2, -0.15) is 0 Å². The van der Waals surface area contributed by atoms with Crippen molar-refractivity contribution in [3.8, 4) is 0 Å². The van der Waals surface area contributed by atoms with Crippen LogP contribution < -0.4 is 5.32 Å². The van der Waals surface area contributed by atoms with E-state index in [0.29, 0.717) is 6.04 Å². The van der Waals surface area contributed by atoms with Crippen LogP contribution in [0.2, 0.25) is 0 Å². The molecule has 1 rings (SSSR count). The van der Waals surface area contributed by atoms with E-state index < -0.39 is 0 Å². The van der Waals surface area contributed by atoms with Gasteiger partial charge in [0.1, 0.15) is 0 Å². The first kappa shape index (κ1) is 13.9. The van der Waals surface area contributed by atoms with E-state index in [4.69, 9.17) is 0 Å². The number of aliphatic hydroxyl groups excluding tert-OH is 1. The molecule has 0 amide bonds. The van der Waals surface area contributed by atoms with E-state index >= 15 is 0 Å². The van der Waals surface area contributed by atoms with Gasteiger partial charge in [0.2, 0.25) is 0 Å². The van der Waals surface area contributed by atoms with Crippen molar-refractivity contribution in [2.24, 2.45) is 5.92 Å². The Kier molecular flexibility index (Phi) is 6.32. The van der Waals surface area contributed by atoms with Gasteiger partial charge in [-0.05, 0) is 52.1 Å². The molecule has 0 saturated carbocycles. The lowest BCUT2D eigenvalue weighted by molar-refractivity contribution is 0.0777. The third-order valence-corrected chi connectivity index (χ3v) is 3.60. The summed E-state index contributed by atoms with van der Waals surface area (Å²) in [5.74, 6) is 0.813. The first-order valence-corrected chi connectivity index (χ1v) is 6.76. The Morgan fingerprint density at radius 2 is 1.94 bits per heavy atom. The number of rotatable bonds is 6. The van der Waals surface area contributed by atoms with Crippen LogP contribution in [0.15, 0.2) is 0 Å². The molecule has 16 heavy (non-hydrogen) atoms. The molecule has 3 nitrogen and oxygen atoms in total. The van der Waals surface area contributed by atoms with E-state index in [9.17, 15) is 5.11 Å². The van der Waals surface area contributed by atoms with Crippen LogP contribution in [0.4, 0.5) is 0 Å². The van der Waals surface area contributed by atoms with Crippen molar-refractivity contribution in [1.29, 1.82) is 0 Å². The highest BCUT2D eigenvalue weighted by molar-refractivity contribution is 4.75. The quantitative estimate of drug-likeness (QED) is 0.722. The maximum atomic E-state index is 9.75. The normalized spacial score (nSPS) is 20.6. The van der Waals surface area contributed by atoms with Crippen molar-refractivity contribution in [1.82, 2.24) is 10.2 Å². The van der Waals surface area contributed by atoms with E-state index in [2.05, 4.69) is 24.1 Å². The summed E-state index contributed by atoms with van der Waals surface area (Å²) in [7, 11) is 0. The van der Waals surface area contributed by atoms with Crippen molar-refractivity contribution < 1.29 is 5.11 Å². The molecule has 1 unspecified atom stereocenters. The zero-order valence-corrected chi connectivity index (χ0v) is 11.1. The zero-order chi connectivity index (χ0) is 12.0. The van der Waals surface area contributed by atoms with E-state index in [1.807, 2.05) is 6.92 Å². The summed E-state index contributed by atoms with van der Waals surface area (Å²) < 4.78 is 0. The molecule has 1 fully saturated rings. The number of nitrogens with one attached hydrogen (secondary N) is 1. The highest BCUT2D eigenvalue weighted by atomic mass is 16.3. The van der Waals surface area contributed by atoms with Crippen molar-refractivity contribution in [2.75, 3.05) is 26.2 Å². The van der Waals surface area contributed by atoms with Gasteiger partial charge in [0, 0.05) is 19.1 Å². The first-order valence-electron chi connectivity index (χ1n) is 6.76. The van der Waals surface area contributed by atoms with Gasteiger partial charge >= 0.3 is 0 Å². The van der Waals surface area contributed by atoms with Gasteiger partial charge in [-0.3, -0.25) is 4.90 Å². The van der Waals surface area contributed by atoms with Crippen LogP contribution in [0.3, 0.4) is 0 Å². The van der Waals surface area contributed by atoms with Gasteiger partial charge in [-0.15, -0.1) is 0 Å². The molecule has 1 heterocycles. The Balaban J connectivity index is 2.37. The second kappa shape index (κ2) is 7.25. The average Bonchev–Trinajstić information content (AvgIpc) is 2.29. The van der Waals surface area contributed by atoms with Crippen molar-refractivity contribution in [2.45, 2.75) is 52.2 Å². The number of nitrogens with zero attached hydrogens (tertiary/aromatic N) is 1. The monoisotopic (exact) mass is 228 g/mol. The van der Waals surface area contributed by atoms with Gasteiger partial charge < -0.3 is 10.4 Å². The molecule has 96 valence electrons. The summed E-state index contributed by atoms with van der Waals surface area (Å²) in [6, 6.07) is 0.538. The fourth-order valence-electron chi connectivity index (χ4n) is 2.29. The largest absolute Gasteiger partial charge is 0.392 e. The standard InChI is InChI=1S/C13H28N2O/c1-4-13(16)10-15(11(2)3)9-12-5-7-14-8-6-12/h11-14,16H,4-10H2,1-3H3. The lowest BCUT2D eigenvalue weighted by Gasteiger charge is -2.33. The maximum absolute atomic E-state index is 9.75. The molecule has 1 aliphatic heterocycles. The van der Waals surface area contributed by atoms with Crippen molar-refractivity contribution in [3.05, 3.63) is 0 Å². The van der Waals surface area contributed by atoms with Gasteiger partial charge in [-0.25, -0.2) is 0 Å². The molecule has 0 aromatic carbocycles. The summed E-state index contributed by atoms with van der Waals surface area (Å²) in [6.45, 7) is 10.8. The third kappa shape index (κ3) is 4.81. The number of piperidine rings is 1. The van der Waals surface area contributed by atoms with Crippen LogP contribution in [0.25, 0.3) is 0 Å². The summed E-state index contributed by atoms with van der Waals surface area (Å²) >= 11 is 0. The van der Waals surface area contributed by atoms with Gasteiger partial charge in [0.05, 0.1) is 6.10 Å². The molecule has 1 saturated heterocycles. The van der Waals surface area contributed by atoms with E-state index in [1.54, 1.807) is 0 Å². The molecule has 1 atom stereocenters. The lowest BCUT2D eigenvalue weighted by Crippen LogP contribution is -2.42. The predicted octanol–water partition coefficient (Wildman–Crippen LogP) is 1.47. The van der Waals surface area contributed by atoms with E-state index in [1.165, 1.54) is 12.8 Å². The molecule has 1 aliphatic rings. The smallest absolute Gasteiger partial charge is 0.0664 e. The summed E-state index contributed by atoms with van der Waals surface area (Å²) in [6.07, 6.45) is 3.26. The molecule has 0 spiro atoms. The van der Waals surface area contributed by atoms with Gasteiger partial charge in [-0.1, -0.05) is 6.92 Å². The molecular formula is C13H28N2O. The van der Waals surface area contributed by atoms with Crippen molar-refractivity contribution >= 4 is 0 Å². The fraction of sp³-hybridized carbons (Fsp3) is 1.00. The predicted molar refractivity (Wildman–Crippen MR) is 68.6 cm³/mol. The summed E-state index contributed by atoms with van der Waals surface area (Å²) in [5.41, 5.74) is 0. The van der Waals surface area contributed by atoms with E-state index in [-0.39, 0.29) is 6.10 Å².